The van der Waals surface area contributed by atoms with Gasteiger partial charge in [0.1, 0.15) is 5.65 Å². The Labute approximate surface area is 200 Å². The number of nitrogens with one attached hydrogen (secondary N) is 2. The number of benzene rings is 1. The van der Waals surface area contributed by atoms with Crippen molar-refractivity contribution in [2.24, 2.45) is 0 Å². The fraction of sp³-hybridized carbons (Fsp3) is 0.370. The van der Waals surface area contributed by atoms with Gasteiger partial charge in [0.2, 0.25) is 5.95 Å². The van der Waals surface area contributed by atoms with E-state index in [1.165, 1.54) is 5.56 Å². The Morgan fingerprint density at radius 1 is 0.941 bits per heavy atom. The molecule has 4 aromatic rings. The third-order valence-corrected chi connectivity index (χ3v) is 6.63. The van der Waals surface area contributed by atoms with Crippen LogP contribution in [0.3, 0.4) is 0 Å². The summed E-state index contributed by atoms with van der Waals surface area (Å²) >= 11 is 0. The van der Waals surface area contributed by atoms with Gasteiger partial charge in [-0.15, -0.1) is 0 Å². The van der Waals surface area contributed by atoms with E-state index < -0.39 is 0 Å². The van der Waals surface area contributed by atoms with Crippen molar-refractivity contribution in [1.29, 1.82) is 0 Å². The molecule has 1 aromatic carbocycles. The lowest BCUT2D eigenvalue weighted by Crippen LogP contribution is -2.38. The number of fused-ring (bicyclic) bond motifs is 1. The molecule has 1 fully saturated rings. The molecule has 1 aliphatic carbocycles. The Kier molecular flexibility index (Phi) is 6.83. The van der Waals surface area contributed by atoms with E-state index in [0.717, 1.165) is 67.0 Å². The first-order valence-electron chi connectivity index (χ1n) is 12.1. The molecule has 0 aliphatic heterocycles. The Morgan fingerprint density at radius 3 is 2.53 bits per heavy atom. The Morgan fingerprint density at radius 2 is 1.74 bits per heavy atom. The van der Waals surface area contributed by atoms with E-state index in [4.69, 9.17) is 9.72 Å². The lowest BCUT2D eigenvalue weighted by molar-refractivity contribution is 0.191. The number of hydrogen-bond donors (Lipinski definition) is 2. The van der Waals surface area contributed by atoms with E-state index in [1.807, 2.05) is 18.5 Å². The zero-order chi connectivity index (χ0) is 23.3. The van der Waals surface area contributed by atoms with Crippen molar-refractivity contribution in [2.75, 3.05) is 25.6 Å². The molecular weight excluding hydrogens is 424 g/mol. The summed E-state index contributed by atoms with van der Waals surface area (Å²) in [5.41, 5.74) is 6.14. The third-order valence-electron chi connectivity index (χ3n) is 6.63. The van der Waals surface area contributed by atoms with Gasteiger partial charge in [-0.25, -0.2) is 15.0 Å². The van der Waals surface area contributed by atoms with Gasteiger partial charge in [-0.3, -0.25) is 4.40 Å². The van der Waals surface area contributed by atoms with Crippen molar-refractivity contribution in [3.8, 4) is 22.5 Å². The van der Waals surface area contributed by atoms with Crippen LogP contribution in [0.5, 0.6) is 0 Å². The fourth-order valence-electron chi connectivity index (χ4n) is 4.72. The van der Waals surface area contributed by atoms with Gasteiger partial charge >= 0.3 is 0 Å². The monoisotopic (exact) mass is 456 g/mol. The molecule has 0 unspecified atom stereocenters. The molecule has 0 atom stereocenters. The second-order valence-electron chi connectivity index (χ2n) is 9.02. The highest BCUT2D eigenvalue weighted by molar-refractivity contribution is 5.69. The van der Waals surface area contributed by atoms with Crippen molar-refractivity contribution in [2.45, 2.75) is 44.7 Å². The first kappa shape index (κ1) is 22.5. The highest BCUT2D eigenvalue weighted by Crippen LogP contribution is 2.27. The van der Waals surface area contributed by atoms with Gasteiger partial charge in [-0.05, 0) is 61.4 Å². The third kappa shape index (κ3) is 4.95. The van der Waals surface area contributed by atoms with Crippen LogP contribution < -0.4 is 10.6 Å². The number of imidazole rings is 1. The summed E-state index contributed by atoms with van der Waals surface area (Å²) < 4.78 is 7.27. The zero-order valence-electron chi connectivity index (χ0n) is 19.9. The Hall–Kier alpha value is -3.29. The van der Waals surface area contributed by atoms with Gasteiger partial charge in [0, 0.05) is 38.1 Å². The van der Waals surface area contributed by atoms with Crippen LogP contribution in [0.4, 0.5) is 5.95 Å². The van der Waals surface area contributed by atoms with E-state index in [9.17, 15) is 0 Å². The summed E-state index contributed by atoms with van der Waals surface area (Å²) in [6.07, 6.45) is 10.5. The molecule has 7 heteroatoms. The summed E-state index contributed by atoms with van der Waals surface area (Å²) in [5.74, 6) is 0.686. The molecule has 0 amide bonds. The lowest BCUT2D eigenvalue weighted by atomic mass is 9.91. The van der Waals surface area contributed by atoms with E-state index >= 15 is 0 Å². The molecule has 0 radical (unpaired) electrons. The predicted octanol–water partition coefficient (Wildman–Crippen LogP) is 4.73. The Balaban J connectivity index is 1.34. The minimum absolute atomic E-state index is 0.392. The maximum absolute atomic E-state index is 5.14. The van der Waals surface area contributed by atoms with Crippen LogP contribution in [-0.4, -0.2) is 51.7 Å². The number of nitrogens with zero attached hydrogens (tertiary/aromatic N) is 4. The molecule has 1 aliphatic rings. The maximum atomic E-state index is 5.14. The van der Waals surface area contributed by atoms with Gasteiger partial charge in [-0.1, -0.05) is 30.3 Å². The highest BCUT2D eigenvalue weighted by atomic mass is 16.5. The molecule has 1 saturated carbocycles. The number of ether oxygens (including phenoxy) is 1. The molecule has 176 valence electrons. The molecule has 5 rings (SSSR count). The average Bonchev–Trinajstić information content (AvgIpc) is 3.30. The smallest absolute Gasteiger partial charge is 0.223 e. The molecule has 3 aromatic heterocycles. The maximum Gasteiger partial charge on any atom is 0.223 e. The fourth-order valence-corrected chi connectivity index (χ4v) is 4.72. The van der Waals surface area contributed by atoms with Gasteiger partial charge in [0.15, 0.2) is 0 Å². The summed E-state index contributed by atoms with van der Waals surface area (Å²) in [5, 5.41) is 7.16. The van der Waals surface area contributed by atoms with Crippen LogP contribution in [0, 0.1) is 6.92 Å². The predicted molar refractivity (Wildman–Crippen MR) is 136 cm³/mol. The van der Waals surface area contributed by atoms with Crippen molar-refractivity contribution in [3.63, 3.8) is 0 Å². The quantitative estimate of drug-likeness (QED) is 0.374. The van der Waals surface area contributed by atoms with E-state index in [0.29, 0.717) is 18.0 Å². The van der Waals surface area contributed by atoms with Crippen molar-refractivity contribution < 1.29 is 4.74 Å². The number of pyridine rings is 1. The van der Waals surface area contributed by atoms with Gasteiger partial charge in [0.05, 0.1) is 24.2 Å². The second kappa shape index (κ2) is 10.3. The van der Waals surface area contributed by atoms with Crippen LogP contribution in [-0.2, 0) is 4.74 Å². The normalized spacial score (nSPS) is 18.3. The summed E-state index contributed by atoms with van der Waals surface area (Å²) in [6.45, 7) is 3.72. The van der Waals surface area contributed by atoms with E-state index in [-0.39, 0.29) is 0 Å². The molecule has 7 nitrogen and oxygen atoms in total. The number of hydrogen-bond acceptors (Lipinski definition) is 6. The first-order chi connectivity index (χ1) is 16.7. The SMILES string of the molecule is COCCN[C@H]1CC[C@@H](Nc2ncc(C)c(-c3cnc4ccc(-c5ccccc5)cn34)n2)CC1. The number of anilines is 1. The van der Waals surface area contributed by atoms with Crippen LogP contribution in [0.15, 0.2) is 61.1 Å². The van der Waals surface area contributed by atoms with E-state index in [1.54, 1.807) is 7.11 Å². The topological polar surface area (TPSA) is 76.4 Å². The molecule has 0 bridgehead atoms. The minimum Gasteiger partial charge on any atom is -0.383 e. The number of rotatable bonds is 8. The molecule has 3 heterocycles. The van der Waals surface area contributed by atoms with E-state index in [2.05, 4.69) is 74.5 Å². The Bertz CT molecular complexity index is 1230. The first-order valence-corrected chi connectivity index (χ1v) is 12.1. The molecular formula is C27H32N6O. The van der Waals surface area contributed by atoms with Crippen LogP contribution in [0.25, 0.3) is 28.2 Å². The molecule has 0 saturated heterocycles. The van der Waals surface area contributed by atoms with Crippen molar-refractivity contribution >= 4 is 11.6 Å². The highest BCUT2D eigenvalue weighted by Gasteiger charge is 2.22. The van der Waals surface area contributed by atoms with Gasteiger partial charge in [-0.2, -0.15) is 0 Å². The number of aromatic nitrogens is 4. The van der Waals surface area contributed by atoms with Crippen molar-refractivity contribution in [3.05, 3.63) is 66.6 Å². The summed E-state index contributed by atoms with van der Waals surface area (Å²) in [7, 11) is 1.74. The van der Waals surface area contributed by atoms with Gasteiger partial charge in [0.25, 0.3) is 0 Å². The molecule has 2 N–H and O–H groups in total. The summed E-state index contributed by atoms with van der Waals surface area (Å²) in [6, 6.07) is 15.5. The minimum atomic E-state index is 0.392. The van der Waals surface area contributed by atoms with Gasteiger partial charge < -0.3 is 15.4 Å². The molecule has 34 heavy (non-hydrogen) atoms. The molecule has 0 spiro atoms. The average molecular weight is 457 g/mol. The number of methoxy groups -OCH3 is 1. The van der Waals surface area contributed by atoms with Crippen LogP contribution >= 0.6 is 0 Å². The van der Waals surface area contributed by atoms with Crippen LogP contribution in [0.1, 0.15) is 31.2 Å². The van der Waals surface area contributed by atoms with Crippen LogP contribution in [0.2, 0.25) is 0 Å². The lowest BCUT2D eigenvalue weighted by Gasteiger charge is -2.29. The zero-order valence-corrected chi connectivity index (χ0v) is 19.9. The largest absolute Gasteiger partial charge is 0.383 e. The second-order valence-corrected chi connectivity index (χ2v) is 9.02. The summed E-state index contributed by atoms with van der Waals surface area (Å²) in [4.78, 5) is 14.1. The van der Waals surface area contributed by atoms with Crippen molar-refractivity contribution in [1.82, 2.24) is 24.7 Å². The number of aryl methyl sites for hydroxylation is 1. The standard InChI is InChI=1S/C27H32N6O/c1-19-16-30-27(31-23-11-9-22(10-12-23)28-14-15-34-2)32-26(19)24-17-29-25-13-8-21(18-33(24)25)20-6-4-3-5-7-20/h3-8,13,16-18,22-23,28H,9-12,14-15H2,1-2H3,(H,30,31,32)/t22-,23+.